The average molecular weight is 197 g/mol. The highest BCUT2D eigenvalue weighted by atomic mass is 32.2. The first kappa shape index (κ1) is 9.92. The molecule has 0 unspecified atom stereocenters. The molecule has 4 heteroatoms. The van der Waals surface area contributed by atoms with E-state index in [9.17, 15) is 0 Å². The van der Waals surface area contributed by atoms with Crippen LogP contribution >= 0.6 is 11.8 Å². The lowest BCUT2D eigenvalue weighted by atomic mass is 10.2. The van der Waals surface area contributed by atoms with E-state index >= 15 is 0 Å². The number of ether oxygens (including phenoxy) is 1. The van der Waals surface area contributed by atoms with Gasteiger partial charge in [0.2, 0.25) is 0 Å². The molecular formula is C9H13N2OS+. The van der Waals surface area contributed by atoms with Gasteiger partial charge in [-0.25, -0.2) is 0 Å². The second-order valence-corrected chi connectivity index (χ2v) is 3.59. The van der Waals surface area contributed by atoms with Gasteiger partial charge in [-0.2, -0.15) is 0 Å². The summed E-state index contributed by atoms with van der Waals surface area (Å²) < 4.78 is 5.03. The Balaban J connectivity index is 2.54. The van der Waals surface area contributed by atoms with Crippen molar-refractivity contribution in [2.45, 2.75) is 5.75 Å². The number of methoxy groups -OCH3 is 1. The Bertz CT molecular complexity index is 284. The van der Waals surface area contributed by atoms with E-state index in [1.165, 1.54) is 17.3 Å². The third-order valence-electron chi connectivity index (χ3n) is 1.56. The molecule has 0 radical (unpaired) electrons. The Hall–Kier alpha value is -1.16. The van der Waals surface area contributed by atoms with E-state index in [0.29, 0.717) is 5.17 Å². The minimum absolute atomic E-state index is 0.399. The van der Waals surface area contributed by atoms with Crippen LogP contribution in [0.5, 0.6) is 5.75 Å². The van der Waals surface area contributed by atoms with Crippen molar-refractivity contribution in [3.8, 4) is 5.75 Å². The summed E-state index contributed by atoms with van der Waals surface area (Å²) in [5.74, 6) is 1.66. The molecule has 4 N–H and O–H groups in total. The topological polar surface area (TPSA) is 60.8 Å². The zero-order chi connectivity index (χ0) is 9.68. The van der Waals surface area contributed by atoms with Crippen LogP contribution in [0.1, 0.15) is 5.56 Å². The molecule has 1 aromatic carbocycles. The molecule has 0 fully saturated rings. The van der Waals surface area contributed by atoms with E-state index in [2.05, 4.69) is 0 Å². The van der Waals surface area contributed by atoms with Crippen molar-refractivity contribution in [2.75, 3.05) is 7.11 Å². The zero-order valence-corrected chi connectivity index (χ0v) is 8.30. The molecule has 70 valence electrons. The monoisotopic (exact) mass is 197 g/mol. The van der Waals surface area contributed by atoms with Gasteiger partial charge in [-0.1, -0.05) is 12.1 Å². The lowest BCUT2D eigenvalue weighted by Gasteiger charge is -2.00. The molecule has 0 saturated heterocycles. The van der Waals surface area contributed by atoms with E-state index in [1.54, 1.807) is 7.11 Å². The van der Waals surface area contributed by atoms with Crippen molar-refractivity contribution >= 4 is 16.9 Å². The Morgan fingerprint density at radius 3 is 2.54 bits per heavy atom. The van der Waals surface area contributed by atoms with Gasteiger partial charge in [0.1, 0.15) is 5.75 Å². The van der Waals surface area contributed by atoms with Gasteiger partial charge in [-0.05, 0) is 29.5 Å². The lowest BCUT2D eigenvalue weighted by molar-refractivity contribution is -0.110. The first-order valence-electron chi connectivity index (χ1n) is 3.86. The van der Waals surface area contributed by atoms with E-state index < -0.39 is 0 Å². The molecule has 13 heavy (non-hydrogen) atoms. The molecule has 0 aromatic heterocycles. The van der Waals surface area contributed by atoms with Gasteiger partial charge in [0.05, 0.1) is 7.11 Å². The smallest absolute Gasteiger partial charge is 0.300 e. The van der Waals surface area contributed by atoms with Crippen LogP contribution in [0.15, 0.2) is 24.3 Å². The van der Waals surface area contributed by atoms with Crippen LogP contribution in [0, 0.1) is 0 Å². The predicted molar refractivity (Wildman–Crippen MR) is 55.4 cm³/mol. The molecule has 0 aliphatic carbocycles. The fourth-order valence-electron chi connectivity index (χ4n) is 0.888. The number of hydrogen-bond acceptors (Lipinski definition) is 2. The summed E-state index contributed by atoms with van der Waals surface area (Å²) in [6.45, 7) is 0. The molecule has 0 saturated carbocycles. The molecule has 3 nitrogen and oxygen atoms in total. The Morgan fingerprint density at radius 2 is 2.08 bits per heavy atom. The maximum atomic E-state index is 5.33. The molecule has 0 amide bonds. The predicted octanol–water partition coefficient (Wildman–Crippen LogP) is 0.00220. The van der Waals surface area contributed by atoms with Gasteiger partial charge in [-0.3, -0.25) is 11.1 Å². The number of rotatable bonds is 3. The van der Waals surface area contributed by atoms with Crippen molar-refractivity contribution in [3.05, 3.63) is 29.8 Å². The van der Waals surface area contributed by atoms with Crippen molar-refractivity contribution < 1.29 is 10.1 Å². The zero-order valence-electron chi connectivity index (χ0n) is 7.49. The van der Waals surface area contributed by atoms with Crippen molar-refractivity contribution in [2.24, 2.45) is 5.73 Å². The largest absolute Gasteiger partial charge is 0.497 e. The van der Waals surface area contributed by atoms with Crippen LogP contribution in [-0.4, -0.2) is 12.3 Å². The van der Waals surface area contributed by atoms with E-state index in [0.717, 1.165) is 11.5 Å². The SMILES string of the molecule is COc1ccc(CSC(N)=[NH2+])cc1. The van der Waals surface area contributed by atoms with E-state index in [4.69, 9.17) is 15.9 Å². The quantitative estimate of drug-likeness (QED) is 0.530. The van der Waals surface area contributed by atoms with Gasteiger partial charge < -0.3 is 4.74 Å². The molecule has 1 aromatic rings. The molecule has 0 aliphatic rings. The molecule has 0 atom stereocenters. The average Bonchev–Trinajstić information content (AvgIpc) is 2.15. The maximum absolute atomic E-state index is 5.33. The molecule has 0 aliphatic heterocycles. The van der Waals surface area contributed by atoms with Crippen LogP contribution in [0.4, 0.5) is 0 Å². The van der Waals surface area contributed by atoms with Crippen molar-refractivity contribution in [1.82, 2.24) is 0 Å². The fourth-order valence-corrected chi connectivity index (χ4v) is 1.41. The van der Waals surface area contributed by atoms with Crippen molar-refractivity contribution in [1.29, 1.82) is 0 Å². The van der Waals surface area contributed by atoms with Crippen molar-refractivity contribution in [3.63, 3.8) is 0 Å². The lowest BCUT2D eigenvalue weighted by Crippen LogP contribution is -2.43. The fraction of sp³-hybridized carbons (Fsp3) is 0.222. The normalized spacial score (nSPS) is 9.62. The van der Waals surface area contributed by atoms with Gasteiger partial charge in [0.25, 0.3) is 5.17 Å². The van der Waals surface area contributed by atoms with Crippen LogP contribution in [-0.2, 0) is 5.75 Å². The molecule has 0 bridgehead atoms. The maximum Gasteiger partial charge on any atom is 0.300 e. The number of thioether (sulfide) groups is 1. The highest BCUT2D eigenvalue weighted by Gasteiger charge is 1.98. The molecule has 1 rings (SSSR count). The van der Waals surface area contributed by atoms with Gasteiger partial charge in [-0.15, -0.1) is 0 Å². The Morgan fingerprint density at radius 1 is 1.46 bits per heavy atom. The molecule has 0 heterocycles. The second-order valence-electron chi connectivity index (χ2n) is 2.54. The van der Waals surface area contributed by atoms with Gasteiger partial charge in [0.15, 0.2) is 0 Å². The summed E-state index contributed by atoms with van der Waals surface area (Å²) in [6, 6.07) is 7.83. The van der Waals surface area contributed by atoms with Crippen LogP contribution in [0.25, 0.3) is 0 Å². The third kappa shape index (κ3) is 3.38. The van der Waals surface area contributed by atoms with Crippen LogP contribution in [0.3, 0.4) is 0 Å². The van der Waals surface area contributed by atoms with Gasteiger partial charge >= 0.3 is 0 Å². The first-order valence-corrected chi connectivity index (χ1v) is 4.84. The highest BCUT2D eigenvalue weighted by molar-refractivity contribution is 8.12. The first-order chi connectivity index (χ1) is 6.22. The minimum Gasteiger partial charge on any atom is -0.497 e. The Labute approximate surface area is 81.8 Å². The summed E-state index contributed by atoms with van der Waals surface area (Å²) in [5, 5.41) is 5.73. The summed E-state index contributed by atoms with van der Waals surface area (Å²) in [6.07, 6.45) is 0. The Kier molecular flexibility index (Phi) is 3.64. The molecular weight excluding hydrogens is 184 g/mol. The standard InChI is InChI=1S/C9H12N2OS/c1-12-8-4-2-7(3-5-8)6-13-9(10)11/h2-5H,6H2,1H3,(H3,10,11)/p+1. The third-order valence-corrected chi connectivity index (χ3v) is 2.38. The summed E-state index contributed by atoms with van der Waals surface area (Å²) in [4.78, 5) is 0. The summed E-state index contributed by atoms with van der Waals surface area (Å²) in [7, 11) is 1.65. The highest BCUT2D eigenvalue weighted by Crippen LogP contribution is 2.15. The second kappa shape index (κ2) is 4.77. The van der Waals surface area contributed by atoms with Gasteiger partial charge in [0, 0.05) is 5.75 Å². The number of benzene rings is 1. The molecule has 0 spiro atoms. The van der Waals surface area contributed by atoms with E-state index in [1.807, 2.05) is 24.3 Å². The minimum atomic E-state index is 0.399. The summed E-state index contributed by atoms with van der Waals surface area (Å²) in [5.41, 5.74) is 6.51. The van der Waals surface area contributed by atoms with Crippen LogP contribution in [0.2, 0.25) is 0 Å². The number of hydrogen-bond donors (Lipinski definition) is 2. The van der Waals surface area contributed by atoms with Crippen LogP contribution < -0.4 is 15.9 Å². The number of amidine groups is 1. The summed E-state index contributed by atoms with van der Waals surface area (Å²) >= 11 is 1.43. The van der Waals surface area contributed by atoms with E-state index in [-0.39, 0.29) is 0 Å². The number of nitrogens with two attached hydrogens (primary N) is 2.